The molecule has 0 unspecified atom stereocenters. The van der Waals surface area contributed by atoms with Crippen molar-refractivity contribution in [2.45, 2.75) is 25.7 Å². The minimum absolute atomic E-state index is 0.178. The number of piperazine rings is 1. The maximum atomic E-state index is 13.0. The summed E-state index contributed by atoms with van der Waals surface area (Å²) in [5, 5.41) is 7.61. The fourth-order valence-corrected chi connectivity index (χ4v) is 3.74. The summed E-state index contributed by atoms with van der Waals surface area (Å²) >= 11 is 0. The van der Waals surface area contributed by atoms with Gasteiger partial charge < -0.3 is 14.7 Å². The van der Waals surface area contributed by atoms with Gasteiger partial charge >= 0.3 is 0 Å². The number of aryl methyl sites for hydroxylation is 1. The van der Waals surface area contributed by atoms with Gasteiger partial charge in [-0.2, -0.15) is 0 Å². The van der Waals surface area contributed by atoms with Crippen molar-refractivity contribution in [3.8, 4) is 0 Å². The van der Waals surface area contributed by atoms with Crippen molar-refractivity contribution in [1.82, 2.24) is 10.1 Å². The van der Waals surface area contributed by atoms with E-state index in [4.69, 9.17) is 4.52 Å². The number of nitrogens with zero attached hydrogens (tertiary/aromatic N) is 3. The lowest BCUT2D eigenvalue weighted by molar-refractivity contribution is 0.266. The molecule has 1 aromatic heterocycles. The molecule has 1 N–H and O–H groups in total. The van der Waals surface area contributed by atoms with E-state index < -0.39 is 0 Å². The maximum absolute atomic E-state index is 13.0. The Balaban J connectivity index is 1.23. The predicted molar refractivity (Wildman–Crippen MR) is 96.7 cm³/mol. The Kier molecular flexibility index (Phi) is 4.88. The molecule has 25 heavy (non-hydrogen) atoms. The van der Waals surface area contributed by atoms with Gasteiger partial charge in [0, 0.05) is 50.5 Å². The van der Waals surface area contributed by atoms with Crippen molar-refractivity contribution in [2.75, 3.05) is 49.5 Å². The lowest BCUT2D eigenvalue weighted by atomic mass is 9.98. The van der Waals surface area contributed by atoms with Gasteiger partial charge in [-0.05, 0) is 49.9 Å². The Morgan fingerprint density at radius 3 is 2.60 bits per heavy atom. The number of halogens is 1. The van der Waals surface area contributed by atoms with Gasteiger partial charge in [0.15, 0.2) is 0 Å². The van der Waals surface area contributed by atoms with Crippen LogP contribution < -0.4 is 10.2 Å². The van der Waals surface area contributed by atoms with Gasteiger partial charge in [0.2, 0.25) is 5.88 Å². The van der Waals surface area contributed by atoms with Crippen LogP contribution in [0.25, 0.3) is 0 Å². The summed E-state index contributed by atoms with van der Waals surface area (Å²) < 4.78 is 18.5. The van der Waals surface area contributed by atoms with E-state index in [0.29, 0.717) is 0 Å². The number of aromatic nitrogens is 1. The smallest absolute Gasteiger partial charge is 0.228 e. The molecule has 2 aliphatic rings. The molecule has 1 aliphatic carbocycles. The topological polar surface area (TPSA) is 44.5 Å². The van der Waals surface area contributed by atoms with E-state index in [-0.39, 0.29) is 5.82 Å². The van der Waals surface area contributed by atoms with E-state index in [1.54, 1.807) is 0 Å². The second-order valence-electron chi connectivity index (χ2n) is 6.88. The van der Waals surface area contributed by atoms with Crippen LogP contribution in [0.1, 0.15) is 24.1 Å². The largest absolute Gasteiger partial charge is 0.369 e. The lowest BCUT2D eigenvalue weighted by Gasteiger charge is -2.36. The van der Waals surface area contributed by atoms with Gasteiger partial charge in [0.05, 0.1) is 5.69 Å². The van der Waals surface area contributed by atoms with Crippen LogP contribution in [-0.2, 0) is 12.8 Å². The van der Waals surface area contributed by atoms with Crippen molar-refractivity contribution in [3.63, 3.8) is 0 Å². The molecule has 6 heteroatoms. The molecule has 4 rings (SSSR count). The molecule has 0 bridgehead atoms. The van der Waals surface area contributed by atoms with Crippen molar-refractivity contribution >= 4 is 11.6 Å². The van der Waals surface area contributed by atoms with Crippen molar-refractivity contribution in [2.24, 2.45) is 0 Å². The Bertz CT molecular complexity index is 692. The summed E-state index contributed by atoms with van der Waals surface area (Å²) in [7, 11) is 0. The molecule has 1 saturated heterocycles. The first-order valence-electron chi connectivity index (χ1n) is 9.24. The molecular formula is C19H25FN4O. The molecule has 0 amide bonds. The Morgan fingerprint density at radius 1 is 1.04 bits per heavy atom. The van der Waals surface area contributed by atoms with Crippen LogP contribution >= 0.6 is 0 Å². The van der Waals surface area contributed by atoms with Crippen LogP contribution in [-0.4, -0.2) is 49.3 Å². The van der Waals surface area contributed by atoms with Gasteiger partial charge in [-0.25, -0.2) is 4.39 Å². The van der Waals surface area contributed by atoms with Gasteiger partial charge in [-0.3, -0.25) is 4.90 Å². The van der Waals surface area contributed by atoms with E-state index in [0.717, 1.165) is 69.4 Å². The Hall–Kier alpha value is -2.08. The summed E-state index contributed by atoms with van der Waals surface area (Å²) in [5.74, 6) is 0.697. The number of fused-ring (bicyclic) bond motifs is 1. The third-order valence-corrected chi connectivity index (χ3v) is 5.24. The fourth-order valence-electron chi connectivity index (χ4n) is 3.74. The molecule has 2 aromatic rings. The summed E-state index contributed by atoms with van der Waals surface area (Å²) in [6.07, 6.45) is 4.58. The van der Waals surface area contributed by atoms with Crippen LogP contribution in [0.4, 0.5) is 16.0 Å². The van der Waals surface area contributed by atoms with E-state index in [2.05, 4.69) is 20.3 Å². The fraction of sp³-hybridized carbons (Fsp3) is 0.526. The quantitative estimate of drug-likeness (QED) is 0.903. The number of nitrogens with one attached hydrogen (secondary N) is 1. The highest BCUT2D eigenvalue weighted by atomic mass is 19.1. The average Bonchev–Trinajstić information content (AvgIpc) is 3.06. The normalized spacial score (nSPS) is 18.2. The molecular weight excluding hydrogens is 319 g/mol. The average molecular weight is 344 g/mol. The highest BCUT2D eigenvalue weighted by molar-refractivity contribution is 5.47. The van der Waals surface area contributed by atoms with Gasteiger partial charge in [-0.1, -0.05) is 5.16 Å². The van der Waals surface area contributed by atoms with E-state index in [1.807, 2.05) is 12.1 Å². The van der Waals surface area contributed by atoms with E-state index >= 15 is 0 Å². The van der Waals surface area contributed by atoms with Crippen LogP contribution in [0.15, 0.2) is 28.8 Å². The number of benzene rings is 1. The van der Waals surface area contributed by atoms with Crippen LogP contribution in [0.3, 0.4) is 0 Å². The first kappa shape index (κ1) is 16.4. The molecule has 0 saturated carbocycles. The second kappa shape index (κ2) is 7.44. The molecule has 0 radical (unpaired) electrons. The molecule has 0 spiro atoms. The zero-order valence-electron chi connectivity index (χ0n) is 14.5. The molecule has 5 nitrogen and oxygen atoms in total. The number of hydrogen-bond acceptors (Lipinski definition) is 5. The first-order valence-corrected chi connectivity index (χ1v) is 9.24. The zero-order valence-corrected chi connectivity index (χ0v) is 14.5. The third-order valence-electron chi connectivity index (χ3n) is 5.24. The van der Waals surface area contributed by atoms with Crippen LogP contribution in [0, 0.1) is 5.82 Å². The van der Waals surface area contributed by atoms with Crippen molar-refractivity contribution in [1.29, 1.82) is 0 Å². The van der Waals surface area contributed by atoms with Crippen molar-refractivity contribution < 1.29 is 8.91 Å². The van der Waals surface area contributed by atoms with Gasteiger partial charge in [-0.15, -0.1) is 0 Å². The van der Waals surface area contributed by atoms with Crippen LogP contribution in [0.5, 0.6) is 0 Å². The van der Waals surface area contributed by atoms with Crippen LogP contribution in [0.2, 0.25) is 0 Å². The molecule has 2 heterocycles. The minimum Gasteiger partial charge on any atom is -0.369 e. The third kappa shape index (κ3) is 3.79. The highest BCUT2D eigenvalue weighted by Gasteiger charge is 2.20. The van der Waals surface area contributed by atoms with E-state index in [9.17, 15) is 4.39 Å². The molecule has 1 fully saturated rings. The second-order valence-corrected chi connectivity index (χ2v) is 6.88. The molecule has 0 atom stereocenters. The first-order chi connectivity index (χ1) is 12.3. The predicted octanol–water partition coefficient (Wildman–Crippen LogP) is 2.93. The number of rotatable bonds is 5. The zero-order chi connectivity index (χ0) is 17.1. The minimum atomic E-state index is -0.178. The van der Waals surface area contributed by atoms with Gasteiger partial charge in [0.25, 0.3) is 0 Å². The monoisotopic (exact) mass is 344 g/mol. The molecule has 1 aliphatic heterocycles. The summed E-state index contributed by atoms with van der Waals surface area (Å²) in [6, 6.07) is 6.78. The summed E-state index contributed by atoms with van der Waals surface area (Å²) in [4.78, 5) is 4.77. The standard InChI is InChI=1S/C19H25FN4O/c20-15-5-7-16(8-6-15)24-13-11-23(12-14-24)10-9-21-19-17-3-1-2-4-18(17)22-25-19/h5-8,21H,1-4,9-14H2. The molecule has 134 valence electrons. The van der Waals surface area contributed by atoms with Crippen molar-refractivity contribution in [3.05, 3.63) is 41.3 Å². The number of anilines is 2. The summed E-state index contributed by atoms with van der Waals surface area (Å²) in [5.41, 5.74) is 3.53. The highest BCUT2D eigenvalue weighted by Crippen LogP contribution is 2.27. The van der Waals surface area contributed by atoms with E-state index in [1.165, 1.54) is 30.5 Å². The maximum Gasteiger partial charge on any atom is 0.228 e. The number of hydrogen-bond donors (Lipinski definition) is 1. The lowest BCUT2D eigenvalue weighted by Crippen LogP contribution is -2.47. The van der Waals surface area contributed by atoms with Gasteiger partial charge in [0.1, 0.15) is 5.82 Å². The Labute approximate surface area is 147 Å². The molecule has 1 aromatic carbocycles. The SMILES string of the molecule is Fc1ccc(N2CCN(CCNc3onc4c3CCCC4)CC2)cc1. The Morgan fingerprint density at radius 2 is 1.80 bits per heavy atom. The summed E-state index contributed by atoms with van der Waals surface area (Å²) in [6.45, 7) is 5.86.